The molecule has 1 aromatic rings. The molecule has 1 aromatic carbocycles. The first-order valence-electron chi connectivity index (χ1n) is 5.87. The van der Waals surface area contributed by atoms with Crippen LogP contribution in [0.5, 0.6) is 5.75 Å². The number of carbonyl (C=O) groups is 2. The first-order valence-corrected chi connectivity index (χ1v) is 5.87. The number of carboxylic acids is 1. The van der Waals surface area contributed by atoms with Gasteiger partial charge in [0.25, 0.3) is 5.91 Å². The third kappa shape index (κ3) is 4.23. The fraction of sp³-hybridized carbons (Fsp3) is 0.333. The number of benzene rings is 1. The first kappa shape index (κ1) is 15.4. The van der Waals surface area contributed by atoms with E-state index in [1.54, 1.807) is 0 Å². The van der Waals surface area contributed by atoms with E-state index in [2.05, 4.69) is 5.32 Å². The van der Waals surface area contributed by atoms with E-state index in [1.165, 1.54) is 6.07 Å². The number of carboxylic acid groups (broad SMARTS) is 1. The molecular weight excluding hydrogens is 268 g/mol. The molecule has 20 heavy (non-hydrogen) atoms. The number of nitro groups is 1. The van der Waals surface area contributed by atoms with Crippen LogP contribution in [-0.2, 0) is 4.79 Å². The van der Waals surface area contributed by atoms with E-state index in [0.717, 1.165) is 18.6 Å². The lowest BCUT2D eigenvalue weighted by Crippen LogP contribution is -2.29. The molecule has 0 heterocycles. The minimum atomic E-state index is -1.28. The number of hydrogen-bond donors (Lipinski definition) is 2. The van der Waals surface area contributed by atoms with Crippen LogP contribution in [-0.4, -0.2) is 35.1 Å². The Morgan fingerprint density at radius 3 is 2.70 bits per heavy atom. The van der Waals surface area contributed by atoms with E-state index < -0.39 is 22.5 Å². The molecule has 0 radical (unpaired) electrons. The van der Waals surface area contributed by atoms with Gasteiger partial charge >= 0.3 is 11.7 Å². The predicted molar refractivity (Wildman–Crippen MR) is 68.9 cm³/mol. The zero-order chi connectivity index (χ0) is 15.1. The molecule has 0 aliphatic carbocycles. The summed E-state index contributed by atoms with van der Waals surface area (Å²) in [6.07, 6.45) is 0.763. The number of hydrogen-bond acceptors (Lipinski definition) is 5. The Morgan fingerprint density at radius 1 is 1.45 bits per heavy atom. The molecule has 0 saturated carbocycles. The molecule has 1 rings (SSSR count). The summed E-state index contributed by atoms with van der Waals surface area (Å²) in [6.45, 7) is 2.01. The van der Waals surface area contributed by atoms with Crippen molar-refractivity contribution in [1.29, 1.82) is 0 Å². The predicted octanol–water partition coefficient (Wildman–Crippen LogP) is 1.20. The van der Waals surface area contributed by atoms with Gasteiger partial charge in [0.05, 0.1) is 10.5 Å². The molecule has 8 heteroatoms. The van der Waals surface area contributed by atoms with Crippen LogP contribution < -0.4 is 10.1 Å². The summed E-state index contributed by atoms with van der Waals surface area (Å²) in [5.41, 5.74) is -0.715. The third-order valence-electron chi connectivity index (χ3n) is 2.33. The topological polar surface area (TPSA) is 119 Å². The van der Waals surface area contributed by atoms with Gasteiger partial charge in [-0.25, -0.2) is 4.79 Å². The maximum Gasteiger partial charge on any atom is 0.335 e. The molecule has 0 fully saturated rings. The molecule has 0 atom stereocenters. The van der Waals surface area contributed by atoms with Gasteiger partial charge in [0.2, 0.25) is 0 Å². The Labute approximate surface area is 114 Å². The summed E-state index contributed by atoms with van der Waals surface area (Å²) >= 11 is 0. The van der Waals surface area contributed by atoms with Crippen LogP contribution in [0.4, 0.5) is 5.69 Å². The van der Waals surface area contributed by atoms with Gasteiger partial charge in [-0.2, -0.15) is 0 Å². The minimum Gasteiger partial charge on any atom is -0.478 e. The molecule has 1 amide bonds. The van der Waals surface area contributed by atoms with Crippen LogP contribution in [0.15, 0.2) is 18.2 Å². The van der Waals surface area contributed by atoms with E-state index in [1.807, 2.05) is 6.92 Å². The Morgan fingerprint density at radius 2 is 2.15 bits per heavy atom. The lowest BCUT2D eigenvalue weighted by atomic mass is 10.2. The van der Waals surface area contributed by atoms with E-state index >= 15 is 0 Å². The molecule has 2 N–H and O–H groups in total. The maximum absolute atomic E-state index is 11.3. The number of aromatic carboxylic acids is 1. The van der Waals surface area contributed by atoms with Crippen molar-refractivity contribution in [2.45, 2.75) is 13.3 Å². The SMILES string of the molecule is CCCNC(=O)COc1ccc(C(=O)O)cc1[N+](=O)[O-]. The molecule has 0 aromatic heterocycles. The Bertz CT molecular complexity index is 529. The monoisotopic (exact) mass is 282 g/mol. The highest BCUT2D eigenvalue weighted by Crippen LogP contribution is 2.27. The quantitative estimate of drug-likeness (QED) is 0.573. The second kappa shape index (κ2) is 7.07. The average molecular weight is 282 g/mol. The van der Waals surface area contributed by atoms with E-state index in [0.29, 0.717) is 6.54 Å². The van der Waals surface area contributed by atoms with Crippen LogP contribution in [0.3, 0.4) is 0 Å². The van der Waals surface area contributed by atoms with Crippen LogP contribution >= 0.6 is 0 Å². The molecule has 0 saturated heterocycles. The zero-order valence-electron chi connectivity index (χ0n) is 10.8. The van der Waals surface area contributed by atoms with Gasteiger partial charge in [-0.1, -0.05) is 6.92 Å². The highest BCUT2D eigenvalue weighted by atomic mass is 16.6. The van der Waals surface area contributed by atoms with E-state index in [9.17, 15) is 19.7 Å². The molecule has 0 bridgehead atoms. The first-order chi connectivity index (χ1) is 9.45. The smallest absolute Gasteiger partial charge is 0.335 e. The van der Waals surface area contributed by atoms with Crippen molar-refractivity contribution in [2.75, 3.05) is 13.2 Å². The van der Waals surface area contributed by atoms with Gasteiger partial charge in [-0.05, 0) is 18.6 Å². The van der Waals surface area contributed by atoms with Gasteiger partial charge in [0.15, 0.2) is 12.4 Å². The van der Waals surface area contributed by atoms with E-state index in [-0.39, 0.29) is 17.9 Å². The summed E-state index contributed by atoms with van der Waals surface area (Å²) in [6, 6.07) is 3.23. The number of nitrogens with one attached hydrogen (secondary N) is 1. The second-order valence-corrected chi connectivity index (χ2v) is 3.88. The highest BCUT2D eigenvalue weighted by Gasteiger charge is 2.19. The molecule has 0 aliphatic rings. The highest BCUT2D eigenvalue weighted by molar-refractivity contribution is 5.89. The van der Waals surface area contributed by atoms with Gasteiger partial charge in [-0.3, -0.25) is 14.9 Å². The molecule has 8 nitrogen and oxygen atoms in total. The Hall–Kier alpha value is -2.64. The van der Waals surface area contributed by atoms with Crippen molar-refractivity contribution in [2.24, 2.45) is 0 Å². The van der Waals surface area contributed by atoms with Crippen molar-refractivity contribution in [3.05, 3.63) is 33.9 Å². The van der Waals surface area contributed by atoms with Crippen LogP contribution in [0.2, 0.25) is 0 Å². The van der Waals surface area contributed by atoms with Gasteiger partial charge in [0.1, 0.15) is 0 Å². The lowest BCUT2D eigenvalue weighted by Gasteiger charge is -2.07. The summed E-state index contributed by atoms with van der Waals surface area (Å²) in [7, 11) is 0. The second-order valence-electron chi connectivity index (χ2n) is 3.88. The largest absolute Gasteiger partial charge is 0.478 e. The standard InChI is InChI=1S/C12H14N2O6/c1-2-5-13-11(15)7-20-10-4-3-8(12(16)17)6-9(10)14(18)19/h3-4,6H,2,5,7H2,1H3,(H,13,15)(H,16,17). The number of nitro benzene ring substituents is 1. The van der Waals surface area contributed by atoms with E-state index in [4.69, 9.17) is 9.84 Å². The summed E-state index contributed by atoms with van der Waals surface area (Å²) < 4.78 is 5.05. The van der Waals surface area contributed by atoms with Crippen LogP contribution in [0, 0.1) is 10.1 Å². The summed E-state index contributed by atoms with van der Waals surface area (Å²) in [4.78, 5) is 32.2. The van der Waals surface area contributed by atoms with Gasteiger partial charge < -0.3 is 15.2 Å². The zero-order valence-corrected chi connectivity index (χ0v) is 10.8. The third-order valence-corrected chi connectivity index (χ3v) is 2.33. The summed E-state index contributed by atoms with van der Waals surface area (Å²) in [5.74, 6) is -1.82. The number of ether oxygens (including phenoxy) is 1. The number of rotatable bonds is 7. The Kier molecular flexibility index (Phi) is 5.45. The molecular formula is C12H14N2O6. The molecule has 0 unspecified atom stereocenters. The van der Waals surface area contributed by atoms with Crippen molar-refractivity contribution >= 4 is 17.6 Å². The van der Waals surface area contributed by atoms with Crippen LogP contribution in [0.1, 0.15) is 23.7 Å². The van der Waals surface area contributed by atoms with Crippen molar-refractivity contribution in [3.63, 3.8) is 0 Å². The van der Waals surface area contributed by atoms with Crippen molar-refractivity contribution < 1.29 is 24.4 Å². The molecule has 0 aliphatic heterocycles. The summed E-state index contributed by atoms with van der Waals surface area (Å²) in [5, 5.41) is 22.2. The van der Waals surface area contributed by atoms with Gasteiger partial charge in [-0.15, -0.1) is 0 Å². The number of carbonyl (C=O) groups excluding carboxylic acids is 1. The Balaban J connectivity index is 2.81. The lowest BCUT2D eigenvalue weighted by molar-refractivity contribution is -0.385. The number of nitrogens with zero attached hydrogens (tertiary/aromatic N) is 1. The fourth-order valence-corrected chi connectivity index (χ4v) is 1.37. The van der Waals surface area contributed by atoms with Crippen molar-refractivity contribution in [3.8, 4) is 5.75 Å². The fourth-order valence-electron chi connectivity index (χ4n) is 1.37. The van der Waals surface area contributed by atoms with Crippen molar-refractivity contribution in [1.82, 2.24) is 5.32 Å². The molecule has 0 spiro atoms. The maximum atomic E-state index is 11.3. The minimum absolute atomic E-state index is 0.147. The number of amides is 1. The molecule has 108 valence electrons. The average Bonchev–Trinajstić information content (AvgIpc) is 2.42. The van der Waals surface area contributed by atoms with Gasteiger partial charge in [0, 0.05) is 12.6 Å². The normalized spacial score (nSPS) is 9.85. The van der Waals surface area contributed by atoms with Crippen LogP contribution in [0.25, 0.3) is 0 Å².